The summed E-state index contributed by atoms with van der Waals surface area (Å²) >= 11 is 0. The largest absolute Gasteiger partial charge is 0.507 e. The van der Waals surface area contributed by atoms with Gasteiger partial charge in [0, 0.05) is 22.3 Å². The lowest BCUT2D eigenvalue weighted by Gasteiger charge is -2.11. The number of phenols is 1. The molecular formula is C16H11N7O6. The molecule has 0 bridgehead atoms. The number of hydrogen-bond donors (Lipinski definition) is 3. The van der Waals surface area contributed by atoms with Crippen molar-refractivity contribution in [3.8, 4) is 16.9 Å². The fraction of sp³-hybridized carbons (Fsp3) is 0. The van der Waals surface area contributed by atoms with Crippen molar-refractivity contribution in [3.63, 3.8) is 0 Å². The van der Waals surface area contributed by atoms with Gasteiger partial charge in [0.1, 0.15) is 11.4 Å². The number of nitroso groups, excluding NO2 is 3. The van der Waals surface area contributed by atoms with Crippen molar-refractivity contribution in [1.29, 1.82) is 0 Å². The first-order chi connectivity index (χ1) is 14.1. The van der Waals surface area contributed by atoms with Gasteiger partial charge in [0.25, 0.3) is 0 Å². The third-order valence-electron chi connectivity index (χ3n) is 3.64. The average Bonchev–Trinajstić information content (AvgIpc) is 2.72. The molecule has 0 atom stereocenters. The summed E-state index contributed by atoms with van der Waals surface area (Å²) in [7, 11) is 0. The van der Waals surface area contributed by atoms with Crippen LogP contribution in [0.3, 0.4) is 0 Å². The van der Waals surface area contributed by atoms with Gasteiger partial charge in [-0.3, -0.25) is 0 Å². The van der Waals surface area contributed by atoms with Gasteiger partial charge in [0.2, 0.25) is 0 Å². The van der Waals surface area contributed by atoms with Crippen molar-refractivity contribution < 1.29 is 15.5 Å². The van der Waals surface area contributed by atoms with Crippen LogP contribution in [-0.4, -0.2) is 40.4 Å². The van der Waals surface area contributed by atoms with Crippen molar-refractivity contribution in [2.45, 2.75) is 0 Å². The molecular weight excluding hydrogens is 386 g/mol. The van der Waals surface area contributed by atoms with E-state index >= 15 is 0 Å². The standard InChI is InChI=1S/C16H11N7O6/c24-16-13(6-18-23-29)3-10(4-14(16)8-20-26)9-1-11(5-17-22-28)15(21-27)12(2-9)7-19-25/h1-8,24-26H/b17-5+,18-6+,19-7+,20-8+. The molecule has 0 radical (unpaired) electrons. The van der Waals surface area contributed by atoms with Crippen LogP contribution in [0.4, 0.5) is 5.69 Å². The maximum Gasteiger partial charge on any atom is 0.133 e. The molecule has 29 heavy (non-hydrogen) atoms. The number of aromatic hydroxyl groups is 1. The Morgan fingerprint density at radius 3 is 1.55 bits per heavy atom. The Kier molecular flexibility index (Phi) is 7.02. The predicted octanol–water partition coefficient (Wildman–Crippen LogP) is 3.27. The van der Waals surface area contributed by atoms with E-state index in [1.165, 1.54) is 24.3 Å². The lowest BCUT2D eigenvalue weighted by atomic mass is 9.95. The second-order valence-electron chi connectivity index (χ2n) is 5.24. The first-order valence-electron chi connectivity index (χ1n) is 7.54. The molecule has 0 aliphatic rings. The Morgan fingerprint density at radius 1 is 0.655 bits per heavy atom. The molecule has 2 rings (SSSR count). The summed E-state index contributed by atoms with van der Waals surface area (Å²) in [6.07, 6.45) is 3.86. The summed E-state index contributed by atoms with van der Waals surface area (Å²) in [5, 5.41) is 47.5. The highest BCUT2D eigenvalue weighted by Crippen LogP contribution is 2.33. The highest BCUT2D eigenvalue weighted by atomic mass is 16.4. The van der Waals surface area contributed by atoms with Crippen LogP contribution in [0.1, 0.15) is 22.3 Å². The van der Waals surface area contributed by atoms with E-state index in [2.05, 4.69) is 36.3 Å². The summed E-state index contributed by atoms with van der Waals surface area (Å²) in [4.78, 5) is 31.8. The van der Waals surface area contributed by atoms with Gasteiger partial charge in [-0.2, -0.15) is 0 Å². The van der Waals surface area contributed by atoms with Crippen LogP contribution in [0.15, 0.2) is 60.5 Å². The maximum absolute atomic E-state index is 11.2. The van der Waals surface area contributed by atoms with Crippen LogP contribution >= 0.6 is 0 Å². The molecule has 0 fully saturated rings. The second kappa shape index (κ2) is 9.86. The Balaban J connectivity index is 2.82. The number of nitrogens with zero attached hydrogens (tertiary/aromatic N) is 7. The van der Waals surface area contributed by atoms with E-state index in [1.54, 1.807) is 0 Å². The SMILES string of the molecule is O=N/N=C/c1cc(-c2cc(/C=N/O)c(N=O)c(/C=N/N=O)c2)cc(/C=N/O)c1O. The summed E-state index contributed by atoms with van der Waals surface area (Å²) in [5.74, 6) is -0.339. The molecule has 146 valence electrons. The minimum Gasteiger partial charge on any atom is -0.507 e. The summed E-state index contributed by atoms with van der Waals surface area (Å²) < 4.78 is 0. The molecule has 3 N–H and O–H groups in total. The molecule has 0 saturated heterocycles. The smallest absolute Gasteiger partial charge is 0.133 e. The van der Waals surface area contributed by atoms with Gasteiger partial charge in [0.05, 0.1) is 35.4 Å². The Bertz CT molecular complexity index is 1060. The lowest BCUT2D eigenvalue weighted by Crippen LogP contribution is -1.95. The Morgan fingerprint density at radius 2 is 1.07 bits per heavy atom. The highest BCUT2D eigenvalue weighted by Gasteiger charge is 2.14. The average molecular weight is 397 g/mol. The van der Waals surface area contributed by atoms with E-state index in [4.69, 9.17) is 10.4 Å². The third-order valence-corrected chi connectivity index (χ3v) is 3.64. The minimum absolute atomic E-state index is 0.0664. The predicted molar refractivity (Wildman–Crippen MR) is 105 cm³/mol. The zero-order valence-electron chi connectivity index (χ0n) is 14.3. The first kappa shape index (κ1) is 20.6. The normalized spacial score (nSPS) is 11.7. The monoisotopic (exact) mass is 397 g/mol. The number of oxime groups is 2. The van der Waals surface area contributed by atoms with Gasteiger partial charge >= 0.3 is 0 Å². The summed E-state index contributed by atoms with van der Waals surface area (Å²) in [5.41, 5.74) is 0.921. The Hall–Kier alpha value is -4.68. The zero-order chi connectivity index (χ0) is 21.2. The first-order valence-corrected chi connectivity index (χ1v) is 7.54. The van der Waals surface area contributed by atoms with E-state index in [9.17, 15) is 19.8 Å². The van der Waals surface area contributed by atoms with Gasteiger partial charge in [-0.05, 0) is 40.6 Å². The molecule has 0 amide bonds. The van der Waals surface area contributed by atoms with E-state index in [-0.39, 0.29) is 33.7 Å². The number of phenolic OH excluding ortho intramolecular Hbond substituents is 1. The topological polar surface area (TPSA) is 198 Å². The quantitative estimate of drug-likeness (QED) is 0.264. The van der Waals surface area contributed by atoms with Crippen LogP contribution in [0.25, 0.3) is 11.1 Å². The van der Waals surface area contributed by atoms with Crippen LogP contribution in [0.2, 0.25) is 0 Å². The van der Waals surface area contributed by atoms with Crippen LogP contribution in [0.5, 0.6) is 5.75 Å². The van der Waals surface area contributed by atoms with E-state index in [0.29, 0.717) is 11.1 Å². The summed E-state index contributed by atoms with van der Waals surface area (Å²) in [6, 6.07) is 5.68. The van der Waals surface area contributed by atoms with Crippen LogP contribution in [0, 0.1) is 14.7 Å². The van der Waals surface area contributed by atoms with Crippen molar-refractivity contribution in [1.82, 2.24) is 0 Å². The fourth-order valence-corrected chi connectivity index (χ4v) is 2.49. The van der Waals surface area contributed by atoms with Crippen molar-refractivity contribution >= 4 is 30.5 Å². The molecule has 0 aliphatic heterocycles. The van der Waals surface area contributed by atoms with Crippen LogP contribution < -0.4 is 0 Å². The molecule has 0 aromatic heterocycles. The molecule has 0 aliphatic carbocycles. The molecule has 0 unspecified atom stereocenters. The van der Waals surface area contributed by atoms with Crippen molar-refractivity contribution in [3.05, 3.63) is 61.2 Å². The molecule has 13 heteroatoms. The van der Waals surface area contributed by atoms with Gasteiger partial charge in [-0.15, -0.1) is 24.9 Å². The molecule has 0 spiro atoms. The van der Waals surface area contributed by atoms with E-state index in [1.807, 2.05) is 0 Å². The third kappa shape index (κ3) is 4.73. The summed E-state index contributed by atoms with van der Waals surface area (Å²) in [6.45, 7) is 0. The zero-order valence-corrected chi connectivity index (χ0v) is 14.3. The minimum atomic E-state index is -0.339. The molecule has 0 saturated carbocycles. The van der Waals surface area contributed by atoms with Gasteiger partial charge in [0.15, 0.2) is 0 Å². The fourth-order valence-electron chi connectivity index (χ4n) is 2.49. The van der Waals surface area contributed by atoms with Gasteiger partial charge < -0.3 is 15.5 Å². The highest BCUT2D eigenvalue weighted by molar-refractivity contribution is 6.00. The number of hydrogen-bond acceptors (Lipinski definition) is 11. The molecule has 13 nitrogen and oxygen atoms in total. The van der Waals surface area contributed by atoms with Crippen molar-refractivity contribution in [2.24, 2.45) is 36.3 Å². The molecule has 0 heterocycles. The maximum atomic E-state index is 11.2. The Labute approximate surface area is 161 Å². The molecule has 2 aromatic rings. The number of benzene rings is 2. The second-order valence-corrected chi connectivity index (χ2v) is 5.24. The molecule has 2 aromatic carbocycles. The van der Waals surface area contributed by atoms with E-state index < -0.39 is 0 Å². The van der Waals surface area contributed by atoms with Gasteiger partial charge in [-0.25, -0.2) is 0 Å². The van der Waals surface area contributed by atoms with Gasteiger partial charge in [-0.1, -0.05) is 10.3 Å². The number of rotatable bonds is 8. The lowest BCUT2D eigenvalue weighted by molar-refractivity contribution is 0.321. The van der Waals surface area contributed by atoms with Crippen molar-refractivity contribution in [2.75, 3.05) is 0 Å². The van der Waals surface area contributed by atoms with E-state index in [0.717, 1.165) is 24.9 Å². The van der Waals surface area contributed by atoms with Crippen LogP contribution in [-0.2, 0) is 0 Å².